The van der Waals surface area contributed by atoms with Crippen molar-refractivity contribution < 1.29 is 17.6 Å². The summed E-state index contributed by atoms with van der Waals surface area (Å²) in [5, 5.41) is 0. The van der Waals surface area contributed by atoms with Gasteiger partial charge in [0.1, 0.15) is 5.76 Å². The number of furan rings is 1. The Morgan fingerprint density at radius 2 is 2.30 bits per heavy atom. The normalized spacial score (nSPS) is 22.6. The molecule has 0 saturated carbocycles. The SMILES string of the molecule is C[C@H]1CS(=O)(=O)CCN1CC(=O)N(C)Cc1ccco1. The number of carbonyl (C=O) groups is 1. The maximum Gasteiger partial charge on any atom is 0.236 e. The molecule has 7 heteroatoms. The lowest BCUT2D eigenvalue weighted by molar-refractivity contribution is -0.132. The molecule has 6 nitrogen and oxygen atoms in total. The quantitative estimate of drug-likeness (QED) is 0.803. The molecule has 1 amide bonds. The van der Waals surface area contributed by atoms with Gasteiger partial charge in [-0.1, -0.05) is 0 Å². The van der Waals surface area contributed by atoms with Gasteiger partial charge in [0, 0.05) is 19.6 Å². The van der Waals surface area contributed by atoms with Crippen LogP contribution in [0.2, 0.25) is 0 Å². The van der Waals surface area contributed by atoms with Gasteiger partial charge in [-0.05, 0) is 19.1 Å². The summed E-state index contributed by atoms with van der Waals surface area (Å²) in [7, 11) is -1.23. The third-order valence-corrected chi connectivity index (χ3v) is 5.34. The molecular weight excluding hydrogens is 280 g/mol. The minimum atomic E-state index is -2.94. The second-order valence-electron chi connectivity index (χ2n) is 5.26. The van der Waals surface area contributed by atoms with Gasteiger partial charge in [0.15, 0.2) is 9.84 Å². The average molecular weight is 300 g/mol. The third kappa shape index (κ3) is 3.83. The number of sulfone groups is 1. The highest BCUT2D eigenvalue weighted by atomic mass is 32.2. The lowest BCUT2D eigenvalue weighted by Gasteiger charge is -2.33. The molecule has 0 radical (unpaired) electrons. The van der Waals surface area contributed by atoms with E-state index in [2.05, 4.69) is 0 Å². The highest BCUT2D eigenvalue weighted by molar-refractivity contribution is 7.91. The molecule has 0 spiro atoms. The predicted octanol–water partition coefficient (Wildman–Crippen LogP) is 0.357. The van der Waals surface area contributed by atoms with Crippen LogP contribution in [0.3, 0.4) is 0 Å². The zero-order chi connectivity index (χ0) is 14.8. The fourth-order valence-electron chi connectivity index (χ4n) is 2.29. The smallest absolute Gasteiger partial charge is 0.236 e. The Hall–Kier alpha value is -1.34. The van der Waals surface area contributed by atoms with Gasteiger partial charge in [-0.15, -0.1) is 0 Å². The van der Waals surface area contributed by atoms with Gasteiger partial charge in [-0.2, -0.15) is 0 Å². The van der Waals surface area contributed by atoms with Crippen molar-refractivity contribution in [2.24, 2.45) is 0 Å². The molecule has 1 aromatic heterocycles. The number of carbonyl (C=O) groups excluding carboxylic acids is 1. The van der Waals surface area contributed by atoms with Gasteiger partial charge < -0.3 is 9.32 Å². The summed E-state index contributed by atoms with van der Waals surface area (Å²) >= 11 is 0. The van der Waals surface area contributed by atoms with E-state index in [0.29, 0.717) is 13.1 Å². The molecule has 2 heterocycles. The molecule has 0 N–H and O–H groups in total. The fourth-order valence-corrected chi connectivity index (χ4v) is 3.91. The minimum Gasteiger partial charge on any atom is -0.467 e. The number of hydrogen-bond acceptors (Lipinski definition) is 5. The van der Waals surface area contributed by atoms with Crippen LogP contribution in [0.5, 0.6) is 0 Å². The summed E-state index contributed by atoms with van der Waals surface area (Å²) in [6.45, 7) is 2.93. The predicted molar refractivity (Wildman–Crippen MR) is 74.9 cm³/mol. The standard InChI is InChI=1S/C13H20N2O4S/c1-11-10-20(17,18)7-5-15(11)9-13(16)14(2)8-12-4-3-6-19-12/h3-4,6,11H,5,7-10H2,1-2H3/t11-/m0/s1. The van der Waals surface area contributed by atoms with Gasteiger partial charge in [0.05, 0.1) is 30.9 Å². The van der Waals surface area contributed by atoms with Crippen LogP contribution in [-0.4, -0.2) is 61.8 Å². The first-order valence-electron chi connectivity index (χ1n) is 6.58. The highest BCUT2D eigenvalue weighted by Crippen LogP contribution is 2.12. The van der Waals surface area contributed by atoms with Crippen LogP contribution >= 0.6 is 0 Å². The van der Waals surface area contributed by atoms with Crippen molar-refractivity contribution in [3.8, 4) is 0 Å². The second kappa shape index (κ2) is 5.97. The molecule has 2 rings (SSSR count). The van der Waals surface area contributed by atoms with E-state index in [9.17, 15) is 13.2 Å². The van der Waals surface area contributed by atoms with Crippen LogP contribution in [0, 0.1) is 0 Å². The summed E-state index contributed by atoms with van der Waals surface area (Å²) in [4.78, 5) is 15.6. The molecule has 112 valence electrons. The van der Waals surface area contributed by atoms with Gasteiger partial charge in [-0.3, -0.25) is 9.69 Å². The summed E-state index contributed by atoms with van der Waals surface area (Å²) in [5.74, 6) is 0.956. The Morgan fingerprint density at radius 3 is 2.90 bits per heavy atom. The molecular formula is C13H20N2O4S. The monoisotopic (exact) mass is 300 g/mol. The lowest BCUT2D eigenvalue weighted by atomic mass is 10.3. The number of nitrogens with zero attached hydrogens (tertiary/aromatic N) is 2. The van der Waals surface area contributed by atoms with Crippen molar-refractivity contribution in [1.29, 1.82) is 0 Å². The van der Waals surface area contributed by atoms with Crippen LogP contribution in [0.4, 0.5) is 0 Å². The topological polar surface area (TPSA) is 70.8 Å². The molecule has 0 bridgehead atoms. The molecule has 1 aromatic rings. The number of rotatable bonds is 4. The maximum absolute atomic E-state index is 12.1. The molecule has 0 aliphatic carbocycles. The Kier molecular flexibility index (Phi) is 4.49. The van der Waals surface area contributed by atoms with E-state index in [1.54, 1.807) is 24.3 Å². The highest BCUT2D eigenvalue weighted by Gasteiger charge is 2.29. The van der Waals surface area contributed by atoms with Gasteiger partial charge >= 0.3 is 0 Å². The van der Waals surface area contributed by atoms with E-state index in [1.807, 2.05) is 17.9 Å². The Morgan fingerprint density at radius 1 is 1.55 bits per heavy atom. The van der Waals surface area contributed by atoms with E-state index < -0.39 is 9.84 Å². The van der Waals surface area contributed by atoms with E-state index in [1.165, 1.54) is 0 Å². The Bertz CT molecular complexity index is 553. The van der Waals surface area contributed by atoms with Gasteiger partial charge in [0.2, 0.25) is 5.91 Å². The average Bonchev–Trinajstić information content (AvgIpc) is 2.84. The maximum atomic E-state index is 12.1. The molecule has 0 aromatic carbocycles. The van der Waals surface area contributed by atoms with Crippen molar-refractivity contribution >= 4 is 15.7 Å². The second-order valence-corrected chi connectivity index (χ2v) is 7.49. The summed E-state index contributed by atoms with van der Waals surface area (Å²) in [6.07, 6.45) is 1.57. The largest absolute Gasteiger partial charge is 0.467 e. The zero-order valence-corrected chi connectivity index (χ0v) is 12.6. The molecule has 20 heavy (non-hydrogen) atoms. The van der Waals surface area contributed by atoms with Crippen molar-refractivity contribution in [1.82, 2.24) is 9.80 Å². The minimum absolute atomic E-state index is 0.0347. The van der Waals surface area contributed by atoms with E-state index in [4.69, 9.17) is 4.42 Å². The molecule has 1 saturated heterocycles. The van der Waals surface area contributed by atoms with E-state index in [0.717, 1.165) is 5.76 Å². The molecule has 0 unspecified atom stereocenters. The number of amides is 1. The Balaban J connectivity index is 1.88. The first-order valence-corrected chi connectivity index (χ1v) is 8.40. The van der Waals surface area contributed by atoms with Gasteiger partial charge in [-0.25, -0.2) is 8.42 Å². The zero-order valence-electron chi connectivity index (χ0n) is 11.8. The fraction of sp³-hybridized carbons (Fsp3) is 0.615. The first kappa shape index (κ1) is 15.1. The first-order chi connectivity index (χ1) is 9.37. The van der Waals surface area contributed by atoms with Crippen LogP contribution < -0.4 is 0 Å². The number of likely N-dealkylation sites (N-methyl/N-ethyl adjacent to an activating group) is 1. The van der Waals surface area contributed by atoms with Crippen LogP contribution in [0.15, 0.2) is 22.8 Å². The Labute approximate surface area is 119 Å². The summed E-state index contributed by atoms with van der Waals surface area (Å²) in [5.41, 5.74) is 0. The molecule has 1 aliphatic rings. The van der Waals surface area contributed by atoms with Gasteiger partial charge in [0.25, 0.3) is 0 Å². The summed E-state index contributed by atoms with van der Waals surface area (Å²) < 4.78 is 28.2. The summed E-state index contributed by atoms with van der Waals surface area (Å²) in [6, 6.07) is 3.49. The van der Waals surface area contributed by atoms with Crippen molar-refractivity contribution in [2.75, 3.05) is 31.6 Å². The van der Waals surface area contributed by atoms with Crippen LogP contribution in [0.1, 0.15) is 12.7 Å². The van der Waals surface area contributed by atoms with Crippen molar-refractivity contribution in [2.45, 2.75) is 19.5 Å². The van der Waals surface area contributed by atoms with E-state index in [-0.39, 0.29) is 30.0 Å². The molecule has 1 aliphatic heterocycles. The lowest BCUT2D eigenvalue weighted by Crippen LogP contribution is -2.50. The van der Waals surface area contributed by atoms with E-state index >= 15 is 0 Å². The number of hydrogen-bond donors (Lipinski definition) is 0. The van der Waals surface area contributed by atoms with Crippen molar-refractivity contribution in [3.05, 3.63) is 24.2 Å². The molecule has 1 fully saturated rings. The van der Waals surface area contributed by atoms with Crippen molar-refractivity contribution in [3.63, 3.8) is 0 Å². The van der Waals surface area contributed by atoms with Crippen LogP contribution in [-0.2, 0) is 21.2 Å². The third-order valence-electron chi connectivity index (χ3n) is 3.55. The molecule has 1 atom stereocenters. The van der Waals surface area contributed by atoms with Crippen LogP contribution in [0.25, 0.3) is 0 Å².